The topological polar surface area (TPSA) is 26.0 Å². The Morgan fingerprint density at radius 2 is 0.973 bits per heavy atom. The number of rotatable bonds is 4. The van der Waals surface area contributed by atoms with Gasteiger partial charge in [-0.1, -0.05) is 78.4 Å². The molecule has 190 valence electrons. The summed E-state index contributed by atoms with van der Waals surface area (Å²) in [6.45, 7) is 4.30. The first-order chi connectivity index (χ1) is 17.4. The van der Waals surface area contributed by atoms with E-state index in [0.717, 1.165) is 16.8 Å². The van der Waals surface area contributed by atoms with E-state index < -0.39 is 6.62 Å². The predicted molar refractivity (Wildman–Crippen MR) is 160 cm³/mol. The normalized spacial score (nSPS) is 10.6. The molecule has 37 heavy (non-hydrogen) atoms. The molecular formula is C33H31ClNPPd. The van der Waals surface area contributed by atoms with Crippen LogP contribution in [0.1, 0.15) is 16.7 Å². The zero-order valence-corrected chi connectivity index (χ0v) is 24.5. The maximum atomic E-state index is 7.54. The van der Waals surface area contributed by atoms with E-state index in [1.807, 2.05) is 48.5 Å². The van der Waals surface area contributed by atoms with Crippen LogP contribution in [0.5, 0.6) is 0 Å². The van der Waals surface area contributed by atoms with Gasteiger partial charge in [0.05, 0.1) is 0 Å². The SMILES string of the molecule is Cc1ccccc1[P+](Cl)(c1ccccc1C)c1ccccc1C.Nc1ccccc1-c1[c-]cccc1.[Pd]. The summed E-state index contributed by atoms with van der Waals surface area (Å²) < 4.78 is 0. The van der Waals surface area contributed by atoms with E-state index in [0.29, 0.717) is 0 Å². The molecule has 0 amide bonds. The Labute approximate surface area is 240 Å². The molecule has 0 bridgehead atoms. The van der Waals surface area contributed by atoms with Crippen LogP contribution in [0.4, 0.5) is 5.69 Å². The number of aryl methyl sites for hydroxylation is 3. The molecule has 0 atom stereocenters. The molecule has 4 heteroatoms. The van der Waals surface area contributed by atoms with Crippen LogP contribution in [0, 0.1) is 26.8 Å². The zero-order chi connectivity index (χ0) is 25.5. The average molecular weight is 614 g/mol. The number of nitrogens with two attached hydrogens (primary N) is 1. The summed E-state index contributed by atoms with van der Waals surface area (Å²) in [5.41, 5.74) is 12.5. The van der Waals surface area contributed by atoms with Gasteiger partial charge >= 0.3 is 0 Å². The summed E-state index contributed by atoms with van der Waals surface area (Å²) in [6.07, 6.45) is 0. The molecule has 5 rings (SSSR count). The summed E-state index contributed by atoms with van der Waals surface area (Å²) in [7, 11) is 0. The molecule has 0 heterocycles. The Hall–Kier alpha value is -2.72. The zero-order valence-electron chi connectivity index (χ0n) is 21.3. The van der Waals surface area contributed by atoms with Crippen molar-refractivity contribution in [1.82, 2.24) is 0 Å². The van der Waals surface area contributed by atoms with Gasteiger partial charge in [0.15, 0.2) is 0 Å². The van der Waals surface area contributed by atoms with Gasteiger partial charge in [-0.05, 0) is 67.4 Å². The second-order valence-electron chi connectivity index (χ2n) is 8.81. The van der Waals surface area contributed by atoms with Crippen molar-refractivity contribution in [3.63, 3.8) is 0 Å². The first kappa shape index (κ1) is 28.8. The van der Waals surface area contributed by atoms with Crippen LogP contribution in [0.2, 0.25) is 0 Å². The van der Waals surface area contributed by atoms with E-state index in [-0.39, 0.29) is 20.4 Å². The van der Waals surface area contributed by atoms with Gasteiger partial charge in [-0.3, -0.25) is 0 Å². The van der Waals surface area contributed by atoms with Crippen LogP contribution in [0.25, 0.3) is 11.1 Å². The van der Waals surface area contributed by atoms with Crippen molar-refractivity contribution in [2.45, 2.75) is 20.8 Å². The smallest absolute Gasteiger partial charge is 0.211 e. The molecule has 0 unspecified atom stereocenters. The Balaban J connectivity index is 0.000000231. The van der Waals surface area contributed by atoms with Gasteiger partial charge in [0, 0.05) is 20.4 Å². The van der Waals surface area contributed by atoms with Gasteiger partial charge in [-0.25, -0.2) is 0 Å². The Kier molecular flexibility index (Phi) is 10.3. The van der Waals surface area contributed by atoms with Gasteiger partial charge < -0.3 is 5.73 Å². The van der Waals surface area contributed by atoms with Gasteiger partial charge in [0.25, 0.3) is 0 Å². The number of hydrogen-bond donors (Lipinski definition) is 1. The first-order valence-electron chi connectivity index (χ1n) is 12.0. The predicted octanol–water partition coefficient (Wildman–Crippen LogP) is 7.79. The summed E-state index contributed by atoms with van der Waals surface area (Å²) in [5.74, 6) is 0. The van der Waals surface area contributed by atoms with E-state index in [9.17, 15) is 0 Å². The van der Waals surface area contributed by atoms with Crippen molar-refractivity contribution >= 4 is 39.5 Å². The van der Waals surface area contributed by atoms with Gasteiger partial charge in [-0.15, -0.1) is 35.9 Å². The largest absolute Gasteiger partial charge is 0.406 e. The fraction of sp³-hybridized carbons (Fsp3) is 0.0909. The van der Waals surface area contributed by atoms with Crippen LogP contribution in [0.3, 0.4) is 0 Å². The minimum absolute atomic E-state index is 0. The summed E-state index contributed by atoms with van der Waals surface area (Å²) >= 11 is 7.54. The molecule has 0 saturated carbocycles. The summed E-state index contributed by atoms with van der Waals surface area (Å²) in [6, 6.07) is 44.3. The van der Waals surface area contributed by atoms with Crippen LogP contribution >= 0.6 is 17.9 Å². The average Bonchev–Trinajstić information content (AvgIpc) is 2.90. The second kappa shape index (κ2) is 13.2. The van der Waals surface area contributed by atoms with Crippen molar-refractivity contribution in [3.05, 3.63) is 144 Å². The fourth-order valence-corrected chi connectivity index (χ4v) is 9.46. The quantitative estimate of drug-likeness (QED) is 0.0952. The fourth-order valence-electron chi connectivity index (χ4n) is 4.42. The van der Waals surface area contributed by atoms with E-state index in [4.69, 9.17) is 17.0 Å². The monoisotopic (exact) mass is 613 g/mol. The maximum Gasteiger partial charge on any atom is 0.211 e. The molecule has 0 saturated heterocycles. The molecular weight excluding hydrogens is 583 g/mol. The Bertz CT molecular complexity index is 1340. The van der Waals surface area contributed by atoms with Crippen LogP contribution in [-0.4, -0.2) is 0 Å². The first-order valence-corrected chi connectivity index (χ1v) is 14.7. The van der Waals surface area contributed by atoms with Crippen molar-refractivity contribution in [2.75, 3.05) is 5.73 Å². The third kappa shape index (κ3) is 6.41. The third-order valence-corrected chi connectivity index (χ3v) is 11.4. The third-order valence-electron chi connectivity index (χ3n) is 6.30. The molecule has 2 N–H and O–H groups in total. The molecule has 0 aromatic heterocycles. The van der Waals surface area contributed by atoms with Crippen molar-refractivity contribution < 1.29 is 20.4 Å². The summed E-state index contributed by atoms with van der Waals surface area (Å²) in [5, 5.41) is 3.76. The van der Waals surface area contributed by atoms with Gasteiger partial charge in [0.1, 0.15) is 27.2 Å². The molecule has 0 aliphatic rings. The van der Waals surface area contributed by atoms with Crippen molar-refractivity contribution in [1.29, 1.82) is 0 Å². The second-order valence-corrected chi connectivity index (χ2v) is 13.0. The number of benzene rings is 5. The minimum atomic E-state index is -2.17. The van der Waals surface area contributed by atoms with E-state index in [2.05, 4.69) is 99.6 Å². The van der Waals surface area contributed by atoms with Crippen LogP contribution < -0.4 is 21.6 Å². The molecule has 0 aliphatic carbocycles. The van der Waals surface area contributed by atoms with Gasteiger partial charge in [-0.2, -0.15) is 0 Å². The standard InChI is InChI=1S/C21H21ClP.C12H10N.Pd/c1-16-10-4-7-13-19(16)23(22,20-14-8-5-11-17(20)2)21-15-9-6-12-18(21)3;13-12-9-5-4-8-11(12)10-6-2-1-3-7-10;/h4-15H,1-3H3;1-6,8-9H,13H2;/q+1;-1;. The van der Waals surface area contributed by atoms with Crippen LogP contribution in [-0.2, 0) is 20.4 Å². The van der Waals surface area contributed by atoms with E-state index in [1.54, 1.807) is 0 Å². The number of halogens is 1. The molecule has 0 spiro atoms. The maximum absolute atomic E-state index is 7.54. The molecule has 0 aliphatic heterocycles. The molecule has 1 nitrogen and oxygen atoms in total. The van der Waals surface area contributed by atoms with Crippen molar-refractivity contribution in [3.8, 4) is 11.1 Å². The minimum Gasteiger partial charge on any atom is -0.406 e. The van der Waals surface area contributed by atoms with E-state index >= 15 is 0 Å². The number of anilines is 1. The number of para-hydroxylation sites is 1. The molecule has 0 radical (unpaired) electrons. The number of hydrogen-bond acceptors (Lipinski definition) is 1. The van der Waals surface area contributed by atoms with Crippen molar-refractivity contribution in [2.24, 2.45) is 0 Å². The van der Waals surface area contributed by atoms with Crippen LogP contribution in [0.15, 0.2) is 121 Å². The molecule has 5 aromatic rings. The van der Waals surface area contributed by atoms with Gasteiger partial charge in [0.2, 0.25) is 6.62 Å². The Morgan fingerprint density at radius 1 is 0.568 bits per heavy atom. The number of nitrogen functional groups attached to an aromatic ring is 1. The van der Waals surface area contributed by atoms with E-state index in [1.165, 1.54) is 32.6 Å². The Morgan fingerprint density at radius 3 is 1.38 bits per heavy atom. The summed E-state index contributed by atoms with van der Waals surface area (Å²) in [4.78, 5) is 0. The molecule has 0 fully saturated rings. The molecule has 5 aromatic carbocycles.